The van der Waals surface area contributed by atoms with Crippen molar-refractivity contribution in [2.45, 2.75) is 65.2 Å². The summed E-state index contributed by atoms with van der Waals surface area (Å²) in [7, 11) is 0. The number of esters is 2. The van der Waals surface area contributed by atoms with Crippen molar-refractivity contribution < 1.29 is 29.0 Å². The number of fused-ring (bicyclic) bond motifs is 1. The molecule has 0 aliphatic heterocycles. The van der Waals surface area contributed by atoms with E-state index in [-0.39, 0.29) is 12.2 Å². The number of hydrogen-bond donors (Lipinski definition) is 2. The normalized spacial score (nSPS) is 12.6. The maximum Gasteiger partial charge on any atom is 0.338 e. The average Bonchev–Trinajstić information content (AvgIpc) is 2.76. The second-order valence-electron chi connectivity index (χ2n) is 10.7. The van der Waals surface area contributed by atoms with E-state index in [1.165, 1.54) is 6.07 Å². The first-order valence-electron chi connectivity index (χ1n) is 11.8. The summed E-state index contributed by atoms with van der Waals surface area (Å²) in [6, 6.07) is 15.7. The van der Waals surface area contributed by atoms with Crippen LogP contribution in [0.4, 0.5) is 0 Å². The van der Waals surface area contributed by atoms with Crippen LogP contribution in [0, 0.1) is 0 Å². The largest absolute Gasteiger partial charge is 0.508 e. The van der Waals surface area contributed by atoms with Gasteiger partial charge >= 0.3 is 11.9 Å². The number of nitrogens with one attached hydrogen (secondary N) is 1. The average molecular weight is 492 g/mol. The Morgan fingerprint density at radius 1 is 0.861 bits per heavy atom. The van der Waals surface area contributed by atoms with Gasteiger partial charge in [0.2, 0.25) is 0 Å². The van der Waals surface area contributed by atoms with Crippen molar-refractivity contribution in [3.63, 3.8) is 0 Å². The summed E-state index contributed by atoms with van der Waals surface area (Å²) >= 11 is 0. The number of ether oxygens (including phenoxy) is 2. The van der Waals surface area contributed by atoms with Gasteiger partial charge in [0.1, 0.15) is 23.0 Å². The van der Waals surface area contributed by atoms with Gasteiger partial charge in [0.25, 0.3) is 5.91 Å². The van der Waals surface area contributed by atoms with Crippen LogP contribution < -0.4 is 5.32 Å². The number of phenolic OH excluding ortho intramolecular Hbond substituents is 1. The highest BCUT2D eigenvalue weighted by Gasteiger charge is 2.28. The second kappa shape index (κ2) is 10.4. The zero-order valence-corrected chi connectivity index (χ0v) is 21.5. The molecule has 190 valence electrons. The molecule has 0 radical (unpaired) electrons. The number of carbonyl (C=O) groups is 3. The Hall–Kier alpha value is -3.87. The molecule has 7 heteroatoms. The highest BCUT2D eigenvalue weighted by molar-refractivity contribution is 6.08. The van der Waals surface area contributed by atoms with Crippen LogP contribution in [-0.4, -0.2) is 40.2 Å². The molecule has 0 saturated carbocycles. The van der Waals surface area contributed by atoms with Crippen molar-refractivity contribution in [2.24, 2.45) is 0 Å². The zero-order chi connectivity index (χ0) is 26.7. The fourth-order valence-electron chi connectivity index (χ4n) is 3.62. The van der Waals surface area contributed by atoms with Crippen molar-refractivity contribution in [3.8, 4) is 5.75 Å². The smallest absolute Gasteiger partial charge is 0.338 e. The van der Waals surface area contributed by atoms with Crippen LogP contribution in [0.2, 0.25) is 0 Å². The summed E-state index contributed by atoms with van der Waals surface area (Å²) in [5, 5.41) is 13.9. The lowest BCUT2D eigenvalue weighted by atomic mass is 10.0. The van der Waals surface area contributed by atoms with E-state index in [1.54, 1.807) is 96.1 Å². The quantitative estimate of drug-likeness (QED) is 0.461. The van der Waals surface area contributed by atoms with Crippen LogP contribution in [0.15, 0.2) is 60.7 Å². The maximum absolute atomic E-state index is 13.2. The van der Waals surface area contributed by atoms with Gasteiger partial charge in [-0.25, -0.2) is 9.59 Å². The van der Waals surface area contributed by atoms with Crippen molar-refractivity contribution in [1.29, 1.82) is 0 Å². The van der Waals surface area contributed by atoms with Gasteiger partial charge in [0.15, 0.2) is 0 Å². The lowest BCUT2D eigenvalue weighted by Gasteiger charge is -2.25. The van der Waals surface area contributed by atoms with Gasteiger partial charge in [-0.05, 0) is 94.3 Å². The Morgan fingerprint density at radius 2 is 1.50 bits per heavy atom. The van der Waals surface area contributed by atoms with E-state index in [9.17, 15) is 19.5 Å². The predicted molar refractivity (Wildman–Crippen MR) is 138 cm³/mol. The van der Waals surface area contributed by atoms with Gasteiger partial charge in [0.05, 0.1) is 5.56 Å². The monoisotopic (exact) mass is 491 g/mol. The van der Waals surface area contributed by atoms with Crippen LogP contribution in [0.1, 0.15) is 67.8 Å². The summed E-state index contributed by atoms with van der Waals surface area (Å²) < 4.78 is 11.0. The Labute approximate surface area is 211 Å². The summed E-state index contributed by atoms with van der Waals surface area (Å²) in [5.41, 5.74) is 0.160. The molecule has 0 aliphatic carbocycles. The first-order valence-corrected chi connectivity index (χ1v) is 11.8. The van der Waals surface area contributed by atoms with Crippen molar-refractivity contribution >= 4 is 28.6 Å². The minimum atomic E-state index is -0.962. The molecule has 1 amide bonds. The number of amides is 1. The molecule has 0 aliphatic rings. The molecule has 36 heavy (non-hydrogen) atoms. The van der Waals surface area contributed by atoms with Gasteiger partial charge in [-0.15, -0.1) is 0 Å². The van der Waals surface area contributed by atoms with E-state index in [0.29, 0.717) is 21.9 Å². The van der Waals surface area contributed by atoms with Crippen LogP contribution in [0.3, 0.4) is 0 Å². The molecule has 1 atom stereocenters. The molecular formula is C29H33NO6. The third-order valence-corrected chi connectivity index (χ3v) is 5.13. The number of hydrogen-bond acceptors (Lipinski definition) is 6. The van der Waals surface area contributed by atoms with Gasteiger partial charge in [-0.2, -0.15) is 0 Å². The predicted octanol–water partition coefficient (Wildman–Crippen LogP) is 5.18. The zero-order valence-electron chi connectivity index (χ0n) is 21.5. The van der Waals surface area contributed by atoms with Crippen molar-refractivity contribution in [3.05, 3.63) is 77.4 Å². The topological polar surface area (TPSA) is 102 Å². The minimum Gasteiger partial charge on any atom is -0.508 e. The van der Waals surface area contributed by atoms with Gasteiger partial charge in [-0.3, -0.25) is 4.79 Å². The van der Waals surface area contributed by atoms with E-state index < -0.39 is 35.1 Å². The molecule has 2 N–H and O–H groups in total. The number of rotatable bonds is 6. The molecule has 0 saturated heterocycles. The standard InChI is InChI=1S/C29H33NO6/c1-28(2,3)35-26(33)19-12-10-18(11-13-19)16-24(27(34)36-29(4,5)6)30-25(32)23-9-7-8-20-17-21(31)14-15-22(20)23/h7-15,17,24,31H,16H2,1-6H3,(H,30,32). The molecule has 0 heterocycles. The second-order valence-corrected chi connectivity index (χ2v) is 10.7. The third-order valence-electron chi connectivity index (χ3n) is 5.13. The molecule has 0 aromatic heterocycles. The molecule has 0 fully saturated rings. The first kappa shape index (κ1) is 26.7. The van der Waals surface area contributed by atoms with Gasteiger partial charge in [0, 0.05) is 12.0 Å². The number of phenols is 1. The van der Waals surface area contributed by atoms with Gasteiger partial charge in [-0.1, -0.05) is 24.3 Å². The first-order chi connectivity index (χ1) is 16.7. The van der Waals surface area contributed by atoms with Crippen LogP contribution >= 0.6 is 0 Å². The van der Waals surface area contributed by atoms with Crippen LogP contribution in [-0.2, 0) is 20.7 Å². The fourth-order valence-corrected chi connectivity index (χ4v) is 3.62. The Morgan fingerprint density at radius 3 is 2.11 bits per heavy atom. The Kier molecular flexibility index (Phi) is 7.72. The highest BCUT2D eigenvalue weighted by Crippen LogP contribution is 2.24. The Balaban J connectivity index is 1.84. The third kappa shape index (κ3) is 7.31. The summed E-state index contributed by atoms with van der Waals surface area (Å²) in [4.78, 5) is 38.6. The lowest BCUT2D eigenvalue weighted by molar-refractivity contribution is -0.157. The maximum atomic E-state index is 13.2. The summed E-state index contributed by atoms with van der Waals surface area (Å²) in [6.45, 7) is 10.7. The summed E-state index contributed by atoms with van der Waals surface area (Å²) in [5.74, 6) is -1.34. The van der Waals surface area contributed by atoms with Crippen molar-refractivity contribution in [1.82, 2.24) is 5.32 Å². The lowest BCUT2D eigenvalue weighted by Crippen LogP contribution is -2.45. The Bertz CT molecular complexity index is 1270. The van der Waals surface area contributed by atoms with Gasteiger partial charge < -0.3 is 19.9 Å². The fraction of sp³-hybridized carbons (Fsp3) is 0.345. The molecular weight excluding hydrogens is 458 g/mol. The number of carbonyl (C=O) groups excluding carboxylic acids is 3. The molecule has 7 nitrogen and oxygen atoms in total. The highest BCUT2D eigenvalue weighted by atomic mass is 16.6. The van der Waals surface area contributed by atoms with E-state index in [2.05, 4.69) is 5.32 Å². The van der Waals surface area contributed by atoms with Crippen LogP contribution in [0.5, 0.6) is 5.75 Å². The molecule has 0 spiro atoms. The molecule has 3 rings (SSSR count). The molecule has 3 aromatic rings. The molecule has 0 bridgehead atoms. The van der Waals surface area contributed by atoms with E-state index in [4.69, 9.17) is 9.47 Å². The minimum absolute atomic E-state index is 0.0986. The molecule has 3 aromatic carbocycles. The van der Waals surface area contributed by atoms with E-state index in [0.717, 1.165) is 5.56 Å². The van der Waals surface area contributed by atoms with E-state index >= 15 is 0 Å². The van der Waals surface area contributed by atoms with E-state index in [1.807, 2.05) is 0 Å². The number of benzene rings is 3. The van der Waals surface area contributed by atoms with Crippen LogP contribution in [0.25, 0.3) is 10.8 Å². The number of aromatic hydroxyl groups is 1. The molecule has 1 unspecified atom stereocenters. The SMILES string of the molecule is CC(C)(C)OC(=O)c1ccc(CC(NC(=O)c2cccc3cc(O)ccc23)C(=O)OC(C)(C)C)cc1. The van der Waals surface area contributed by atoms with Crippen molar-refractivity contribution in [2.75, 3.05) is 0 Å². The summed E-state index contributed by atoms with van der Waals surface area (Å²) in [6.07, 6.45) is 0.167.